The van der Waals surface area contributed by atoms with Gasteiger partial charge in [-0.15, -0.1) is 0 Å². The van der Waals surface area contributed by atoms with Crippen molar-refractivity contribution in [3.05, 3.63) is 80.3 Å². The van der Waals surface area contributed by atoms with Crippen molar-refractivity contribution in [2.75, 3.05) is 0 Å². The summed E-state index contributed by atoms with van der Waals surface area (Å²) < 4.78 is 1.46. The normalized spacial score (nSPS) is 11.6. The van der Waals surface area contributed by atoms with Gasteiger partial charge >= 0.3 is 0 Å². The van der Waals surface area contributed by atoms with Crippen LogP contribution in [-0.2, 0) is 13.1 Å². The van der Waals surface area contributed by atoms with Crippen LogP contribution in [-0.4, -0.2) is 20.3 Å². The molecule has 4 nitrogen and oxygen atoms in total. The van der Waals surface area contributed by atoms with Gasteiger partial charge in [-0.2, -0.15) is 0 Å². The van der Waals surface area contributed by atoms with E-state index in [1.165, 1.54) is 4.40 Å². The molecule has 2 aromatic heterocycles. The summed E-state index contributed by atoms with van der Waals surface area (Å²) in [7, 11) is 0. The van der Waals surface area contributed by atoms with Gasteiger partial charge in [0.1, 0.15) is 5.65 Å². The molecule has 0 saturated carbocycles. The van der Waals surface area contributed by atoms with E-state index in [4.69, 9.17) is 23.2 Å². The van der Waals surface area contributed by atoms with Gasteiger partial charge < -0.3 is 0 Å². The van der Waals surface area contributed by atoms with E-state index in [0.29, 0.717) is 23.3 Å². The molecule has 0 atom stereocenters. The van der Waals surface area contributed by atoms with Crippen molar-refractivity contribution in [2.24, 2.45) is 0 Å². The van der Waals surface area contributed by atoms with Crippen LogP contribution in [0.3, 0.4) is 0 Å². The minimum absolute atomic E-state index is 0.131. The van der Waals surface area contributed by atoms with Crippen LogP contribution in [0.2, 0.25) is 10.0 Å². The van der Waals surface area contributed by atoms with E-state index >= 15 is 0 Å². The molecule has 0 saturated heterocycles. The Morgan fingerprint density at radius 1 is 1.08 bits per heavy atom. The molecule has 0 N–H and O–H groups in total. The van der Waals surface area contributed by atoms with E-state index in [9.17, 15) is 4.79 Å². The van der Waals surface area contributed by atoms with Crippen LogP contribution < -0.4 is 5.56 Å². The van der Waals surface area contributed by atoms with Crippen molar-refractivity contribution in [3.63, 3.8) is 0 Å². The highest BCUT2D eigenvalue weighted by Crippen LogP contribution is 2.16. The number of hydrogen-bond donors (Lipinski definition) is 0. The number of aromatic nitrogens is 2. The van der Waals surface area contributed by atoms with Crippen LogP contribution in [0.5, 0.6) is 0 Å². The Labute approximate surface area is 156 Å². The molecular formula is C19H19Cl2N3O. The van der Waals surface area contributed by atoms with Gasteiger partial charge in [0, 0.05) is 36.4 Å². The first-order chi connectivity index (χ1) is 11.9. The number of rotatable bonds is 5. The lowest BCUT2D eigenvalue weighted by molar-refractivity contribution is 0.201. The first-order valence-corrected chi connectivity index (χ1v) is 8.84. The Bertz CT molecular complexity index is 953. The third-order valence-electron chi connectivity index (χ3n) is 4.05. The summed E-state index contributed by atoms with van der Waals surface area (Å²) in [6.45, 7) is 5.56. The van der Waals surface area contributed by atoms with Crippen LogP contribution in [0, 0.1) is 0 Å². The molecule has 0 radical (unpaired) electrons. The lowest BCUT2D eigenvalue weighted by Gasteiger charge is -2.26. The molecule has 0 unspecified atom stereocenters. The van der Waals surface area contributed by atoms with E-state index in [1.807, 2.05) is 24.3 Å². The number of hydrogen-bond acceptors (Lipinski definition) is 3. The Balaban J connectivity index is 1.88. The van der Waals surface area contributed by atoms with Gasteiger partial charge in [0.05, 0.1) is 10.7 Å². The molecule has 1 aromatic carbocycles. The van der Waals surface area contributed by atoms with Crippen LogP contribution >= 0.6 is 23.2 Å². The second kappa shape index (κ2) is 7.56. The minimum Gasteiger partial charge on any atom is -0.291 e. The Kier molecular flexibility index (Phi) is 5.42. The van der Waals surface area contributed by atoms with Crippen LogP contribution in [0.25, 0.3) is 5.65 Å². The molecule has 2 heterocycles. The number of halogens is 2. The predicted molar refractivity (Wildman–Crippen MR) is 102 cm³/mol. The number of benzene rings is 1. The number of pyridine rings is 1. The van der Waals surface area contributed by atoms with Crippen LogP contribution in [0.1, 0.15) is 25.1 Å². The maximum absolute atomic E-state index is 12.3. The second-order valence-electron chi connectivity index (χ2n) is 6.29. The molecule has 0 aliphatic heterocycles. The third-order valence-corrected chi connectivity index (χ3v) is 4.51. The highest BCUT2D eigenvalue weighted by Gasteiger charge is 2.13. The standard InChI is InChI=1S/C19H19Cl2N3O/c1-13(2)23(10-14-4-3-5-15(20)8-14)12-17-9-19(25)24-11-16(21)6-7-18(24)22-17/h3-9,11,13H,10,12H2,1-2H3. The summed E-state index contributed by atoms with van der Waals surface area (Å²) in [6, 6.07) is 13.2. The average Bonchev–Trinajstić information content (AvgIpc) is 2.55. The van der Waals surface area contributed by atoms with Crippen molar-refractivity contribution in [3.8, 4) is 0 Å². The zero-order valence-electron chi connectivity index (χ0n) is 14.1. The van der Waals surface area contributed by atoms with E-state index in [-0.39, 0.29) is 5.56 Å². The summed E-state index contributed by atoms with van der Waals surface area (Å²) in [4.78, 5) is 19.2. The van der Waals surface area contributed by atoms with Gasteiger partial charge in [-0.25, -0.2) is 4.98 Å². The quantitative estimate of drug-likeness (QED) is 0.662. The molecule has 0 bridgehead atoms. The first kappa shape index (κ1) is 17.9. The van der Waals surface area contributed by atoms with E-state index in [1.54, 1.807) is 24.4 Å². The van der Waals surface area contributed by atoms with E-state index < -0.39 is 0 Å². The first-order valence-electron chi connectivity index (χ1n) is 8.09. The summed E-state index contributed by atoms with van der Waals surface area (Å²) in [6.07, 6.45) is 1.59. The van der Waals surface area contributed by atoms with Gasteiger partial charge in [0.15, 0.2) is 0 Å². The van der Waals surface area contributed by atoms with E-state index in [2.05, 4.69) is 23.7 Å². The van der Waals surface area contributed by atoms with Crippen molar-refractivity contribution in [2.45, 2.75) is 33.0 Å². The Morgan fingerprint density at radius 3 is 2.60 bits per heavy atom. The zero-order valence-corrected chi connectivity index (χ0v) is 15.6. The molecular weight excluding hydrogens is 357 g/mol. The maximum atomic E-state index is 12.3. The van der Waals surface area contributed by atoms with Crippen molar-refractivity contribution in [1.29, 1.82) is 0 Å². The Morgan fingerprint density at radius 2 is 1.88 bits per heavy atom. The lowest BCUT2D eigenvalue weighted by atomic mass is 10.2. The SMILES string of the molecule is CC(C)N(Cc1cccc(Cl)c1)Cc1cc(=O)n2cc(Cl)ccc2n1. The fraction of sp³-hybridized carbons (Fsp3) is 0.263. The summed E-state index contributed by atoms with van der Waals surface area (Å²) in [5.74, 6) is 0. The monoisotopic (exact) mass is 375 g/mol. The van der Waals surface area contributed by atoms with Gasteiger partial charge in [0.2, 0.25) is 0 Å². The highest BCUT2D eigenvalue weighted by atomic mass is 35.5. The van der Waals surface area contributed by atoms with E-state index in [0.717, 1.165) is 22.8 Å². The predicted octanol–water partition coefficient (Wildman–Crippen LogP) is 4.41. The molecule has 0 fully saturated rings. The molecule has 0 aliphatic rings. The summed E-state index contributed by atoms with van der Waals surface area (Å²) in [5, 5.41) is 1.23. The molecule has 130 valence electrons. The topological polar surface area (TPSA) is 37.6 Å². The maximum Gasteiger partial charge on any atom is 0.258 e. The highest BCUT2D eigenvalue weighted by molar-refractivity contribution is 6.30. The van der Waals surface area contributed by atoms with Crippen LogP contribution in [0.15, 0.2) is 53.5 Å². The third kappa shape index (κ3) is 4.40. The molecule has 25 heavy (non-hydrogen) atoms. The van der Waals surface area contributed by atoms with Crippen molar-refractivity contribution in [1.82, 2.24) is 14.3 Å². The van der Waals surface area contributed by atoms with Gasteiger partial charge in [-0.3, -0.25) is 14.1 Å². The zero-order chi connectivity index (χ0) is 18.0. The Hall–Kier alpha value is -1.88. The summed E-state index contributed by atoms with van der Waals surface area (Å²) in [5.41, 5.74) is 2.33. The minimum atomic E-state index is -0.131. The van der Waals surface area contributed by atoms with Gasteiger partial charge in [0.25, 0.3) is 5.56 Å². The largest absolute Gasteiger partial charge is 0.291 e. The number of fused-ring (bicyclic) bond motifs is 1. The fourth-order valence-corrected chi connectivity index (χ4v) is 3.08. The molecule has 3 aromatic rings. The number of nitrogens with zero attached hydrogens (tertiary/aromatic N) is 3. The molecule has 0 amide bonds. The van der Waals surface area contributed by atoms with Gasteiger partial charge in [-0.05, 0) is 43.7 Å². The van der Waals surface area contributed by atoms with Crippen molar-refractivity contribution >= 4 is 28.8 Å². The van der Waals surface area contributed by atoms with Gasteiger partial charge in [-0.1, -0.05) is 35.3 Å². The second-order valence-corrected chi connectivity index (χ2v) is 7.16. The molecule has 3 rings (SSSR count). The molecule has 6 heteroatoms. The lowest BCUT2D eigenvalue weighted by Crippen LogP contribution is -2.31. The molecule has 0 spiro atoms. The van der Waals surface area contributed by atoms with Crippen molar-refractivity contribution < 1.29 is 0 Å². The molecule has 0 aliphatic carbocycles. The summed E-state index contributed by atoms with van der Waals surface area (Å²) >= 11 is 12.0. The van der Waals surface area contributed by atoms with Crippen LogP contribution in [0.4, 0.5) is 0 Å². The fourth-order valence-electron chi connectivity index (χ4n) is 2.71. The average molecular weight is 376 g/mol. The smallest absolute Gasteiger partial charge is 0.258 e.